The zero-order valence-corrected chi connectivity index (χ0v) is 17.4. The Hall–Kier alpha value is -0.0800. The molecule has 132 valence electrons. The smallest absolute Gasteiger partial charge is 0.191 e. The summed E-state index contributed by atoms with van der Waals surface area (Å²) in [5.74, 6) is 1.67. The maximum atomic E-state index is 4.33. The van der Waals surface area contributed by atoms with Crippen LogP contribution in [0.2, 0.25) is 0 Å². The summed E-state index contributed by atoms with van der Waals surface area (Å²) in [6.07, 6.45) is 2.44. The van der Waals surface area contributed by atoms with E-state index >= 15 is 0 Å². The van der Waals surface area contributed by atoms with Crippen LogP contribution in [0.3, 0.4) is 0 Å². The summed E-state index contributed by atoms with van der Waals surface area (Å²) >= 11 is 0. The molecule has 22 heavy (non-hydrogen) atoms. The molecule has 2 N–H and O–H groups in total. The van der Waals surface area contributed by atoms with Crippen LogP contribution in [0.25, 0.3) is 0 Å². The Morgan fingerprint density at radius 3 is 2.09 bits per heavy atom. The van der Waals surface area contributed by atoms with Gasteiger partial charge < -0.3 is 15.5 Å². The van der Waals surface area contributed by atoms with Gasteiger partial charge in [-0.2, -0.15) is 0 Å². The van der Waals surface area contributed by atoms with Gasteiger partial charge in [-0.1, -0.05) is 26.7 Å². The van der Waals surface area contributed by atoms with Gasteiger partial charge in [0.05, 0.1) is 0 Å². The highest BCUT2D eigenvalue weighted by Crippen LogP contribution is 2.05. The Kier molecular flexibility index (Phi) is 12.3. The minimum absolute atomic E-state index is 0. The standard InChI is InChI=1S/C16H35N5.HI/c1-6-15(7-2)13-19-16(17-4)18-12-14(3)21-10-8-20(5)9-11-21;/h14-15H,6-13H2,1-5H3,(H2,17,18,19);1H. The summed E-state index contributed by atoms with van der Waals surface area (Å²) in [5.41, 5.74) is 0. The van der Waals surface area contributed by atoms with E-state index in [9.17, 15) is 0 Å². The second kappa shape index (κ2) is 12.4. The van der Waals surface area contributed by atoms with Gasteiger partial charge in [0, 0.05) is 52.4 Å². The van der Waals surface area contributed by atoms with Gasteiger partial charge in [-0.05, 0) is 19.9 Å². The molecule has 1 atom stereocenters. The first-order valence-electron chi connectivity index (χ1n) is 8.47. The second-order valence-corrected chi connectivity index (χ2v) is 6.20. The Morgan fingerprint density at radius 2 is 1.59 bits per heavy atom. The van der Waals surface area contributed by atoms with Gasteiger partial charge >= 0.3 is 0 Å². The van der Waals surface area contributed by atoms with Gasteiger partial charge in [-0.3, -0.25) is 9.89 Å². The number of likely N-dealkylation sites (N-methyl/N-ethyl adjacent to an activating group) is 1. The summed E-state index contributed by atoms with van der Waals surface area (Å²) in [5, 5.41) is 6.91. The fraction of sp³-hybridized carbons (Fsp3) is 0.938. The maximum Gasteiger partial charge on any atom is 0.191 e. The highest BCUT2D eigenvalue weighted by atomic mass is 127. The van der Waals surface area contributed by atoms with Crippen LogP contribution in [-0.4, -0.2) is 75.2 Å². The van der Waals surface area contributed by atoms with Crippen molar-refractivity contribution in [2.45, 2.75) is 39.7 Å². The number of nitrogens with zero attached hydrogens (tertiary/aromatic N) is 3. The second-order valence-electron chi connectivity index (χ2n) is 6.20. The molecule has 1 aliphatic heterocycles. The predicted octanol–water partition coefficient (Wildman–Crippen LogP) is 1.84. The van der Waals surface area contributed by atoms with Crippen LogP contribution in [0, 0.1) is 5.92 Å². The summed E-state index contributed by atoms with van der Waals surface area (Å²) in [7, 11) is 4.05. The topological polar surface area (TPSA) is 42.9 Å². The van der Waals surface area contributed by atoms with E-state index in [1.165, 1.54) is 39.0 Å². The minimum Gasteiger partial charge on any atom is -0.356 e. The largest absolute Gasteiger partial charge is 0.356 e. The number of rotatable bonds is 7. The molecule has 0 radical (unpaired) electrons. The van der Waals surface area contributed by atoms with Crippen molar-refractivity contribution in [2.24, 2.45) is 10.9 Å². The van der Waals surface area contributed by atoms with E-state index < -0.39 is 0 Å². The molecule has 0 saturated carbocycles. The molecule has 6 heteroatoms. The molecule has 1 heterocycles. The van der Waals surface area contributed by atoms with E-state index in [4.69, 9.17) is 0 Å². The van der Waals surface area contributed by atoms with Gasteiger partial charge in [-0.25, -0.2) is 0 Å². The van der Waals surface area contributed by atoms with E-state index in [-0.39, 0.29) is 24.0 Å². The van der Waals surface area contributed by atoms with Crippen LogP contribution >= 0.6 is 24.0 Å². The van der Waals surface area contributed by atoms with Crippen molar-refractivity contribution in [3.8, 4) is 0 Å². The fourth-order valence-electron chi connectivity index (χ4n) is 2.68. The molecular formula is C16H36IN5. The lowest BCUT2D eigenvalue weighted by molar-refractivity contribution is 0.120. The van der Waals surface area contributed by atoms with Gasteiger partial charge in [0.15, 0.2) is 5.96 Å². The zero-order valence-electron chi connectivity index (χ0n) is 15.1. The number of piperazine rings is 1. The Morgan fingerprint density at radius 1 is 1.05 bits per heavy atom. The number of nitrogens with one attached hydrogen (secondary N) is 2. The molecule has 5 nitrogen and oxygen atoms in total. The first kappa shape index (κ1) is 21.9. The van der Waals surface area contributed by atoms with E-state index in [0.717, 1.165) is 25.0 Å². The Bertz CT molecular complexity index is 299. The molecule has 1 rings (SSSR count). The molecule has 1 aliphatic rings. The average Bonchev–Trinajstić information content (AvgIpc) is 2.51. The van der Waals surface area contributed by atoms with Gasteiger partial charge in [0.1, 0.15) is 0 Å². The molecule has 0 spiro atoms. The van der Waals surface area contributed by atoms with E-state index in [1.807, 2.05) is 7.05 Å². The summed E-state index contributed by atoms with van der Waals surface area (Å²) in [6, 6.07) is 0.547. The van der Waals surface area contributed by atoms with E-state index in [0.29, 0.717) is 6.04 Å². The lowest BCUT2D eigenvalue weighted by atomic mass is 10.0. The van der Waals surface area contributed by atoms with Gasteiger partial charge in [0.25, 0.3) is 0 Å². The number of aliphatic imine (C=N–C) groups is 1. The quantitative estimate of drug-likeness (QED) is 0.371. The summed E-state index contributed by atoms with van der Waals surface area (Å²) < 4.78 is 0. The van der Waals surface area contributed by atoms with Gasteiger partial charge in [-0.15, -0.1) is 24.0 Å². The first-order valence-corrected chi connectivity index (χ1v) is 8.47. The molecule has 0 aromatic carbocycles. The number of hydrogen-bond acceptors (Lipinski definition) is 3. The molecule has 1 unspecified atom stereocenters. The SMILES string of the molecule is CCC(CC)CNC(=NC)NCC(C)N1CCN(C)CC1.I. The average molecular weight is 425 g/mol. The third-order valence-corrected chi connectivity index (χ3v) is 4.66. The summed E-state index contributed by atoms with van der Waals surface area (Å²) in [4.78, 5) is 9.28. The van der Waals surface area contributed by atoms with Crippen LogP contribution in [0.15, 0.2) is 4.99 Å². The van der Waals surface area contributed by atoms with Gasteiger partial charge in [0.2, 0.25) is 0 Å². The highest BCUT2D eigenvalue weighted by molar-refractivity contribution is 14.0. The molecule has 1 fully saturated rings. The number of guanidine groups is 1. The predicted molar refractivity (Wildman–Crippen MR) is 107 cm³/mol. The number of hydrogen-bond donors (Lipinski definition) is 2. The van der Waals surface area contributed by atoms with Crippen molar-refractivity contribution in [1.82, 2.24) is 20.4 Å². The van der Waals surface area contributed by atoms with Crippen LogP contribution in [0.4, 0.5) is 0 Å². The van der Waals surface area contributed by atoms with Crippen molar-refractivity contribution in [3.05, 3.63) is 0 Å². The van der Waals surface area contributed by atoms with Crippen molar-refractivity contribution >= 4 is 29.9 Å². The lowest BCUT2D eigenvalue weighted by Crippen LogP contribution is -2.52. The molecule has 0 bridgehead atoms. The van der Waals surface area contributed by atoms with E-state index in [2.05, 4.69) is 53.2 Å². The normalized spacial score (nSPS) is 18.9. The van der Waals surface area contributed by atoms with Crippen molar-refractivity contribution in [1.29, 1.82) is 0 Å². The van der Waals surface area contributed by atoms with Crippen molar-refractivity contribution < 1.29 is 0 Å². The highest BCUT2D eigenvalue weighted by Gasteiger charge is 2.19. The first-order chi connectivity index (χ1) is 10.1. The zero-order chi connectivity index (χ0) is 15.7. The fourth-order valence-corrected chi connectivity index (χ4v) is 2.68. The monoisotopic (exact) mass is 425 g/mol. The molecular weight excluding hydrogens is 389 g/mol. The molecule has 0 amide bonds. The minimum atomic E-state index is 0. The van der Waals surface area contributed by atoms with Crippen LogP contribution in [-0.2, 0) is 0 Å². The number of halogens is 1. The Labute approximate surface area is 154 Å². The van der Waals surface area contributed by atoms with Crippen LogP contribution < -0.4 is 10.6 Å². The Balaban J connectivity index is 0.00000441. The molecule has 0 aromatic heterocycles. The van der Waals surface area contributed by atoms with Crippen LogP contribution in [0.5, 0.6) is 0 Å². The third kappa shape index (κ3) is 7.97. The van der Waals surface area contributed by atoms with Crippen LogP contribution in [0.1, 0.15) is 33.6 Å². The summed E-state index contributed by atoms with van der Waals surface area (Å²) in [6.45, 7) is 13.4. The maximum absolute atomic E-state index is 4.33. The van der Waals surface area contributed by atoms with Crippen molar-refractivity contribution in [2.75, 3.05) is 53.4 Å². The molecule has 0 aliphatic carbocycles. The molecule has 1 saturated heterocycles. The third-order valence-electron chi connectivity index (χ3n) is 4.66. The van der Waals surface area contributed by atoms with E-state index in [1.54, 1.807) is 0 Å². The van der Waals surface area contributed by atoms with Crippen molar-refractivity contribution in [3.63, 3.8) is 0 Å². The lowest BCUT2D eigenvalue weighted by Gasteiger charge is -2.36. The molecule has 0 aromatic rings.